The van der Waals surface area contributed by atoms with Crippen LogP contribution in [0.1, 0.15) is 26.2 Å². The first-order valence-corrected chi connectivity index (χ1v) is 8.55. The molecule has 1 aromatic carbocycles. The van der Waals surface area contributed by atoms with E-state index in [4.69, 9.17) is 15.2 Å². The van der Waals surface area contributed by atoms with Gasteiger partial charge in [-0.1, -0.05) is 0 Å². The minimum Gasteiger partial charge on any atom is -0.494 e. The van der Waals surface area contributed by atoms with Crippen molar-refractivity contribution in [1.29, 1.82) is 0 Å². The Bertz CT molecular complexity index is 550. The number of anilines is 1. The molecule has 0 bridgehead atoms. The highest BCUT2D eigenvalue weighted by atomic mass is 32.2. The lowest BCUT2D eigenvalue weighted by atomic mass is 10.1. The minimum atomic E-state index is -3.46. The van der Waals surface area contributed by atoms with Crippen LogP contribution in [0.5, 0.6) is 5.75 Å². The normalized spacial score (nSPS) is 19.8. The van der Waals surface area contributed by atoms with Crippen molar-refractivity contribution in [2.24, 2.45) is 0 Å². The van der Waals surface area contributed by atoms with Gasteiger partial charge in [-0.15, -0.1) is 0 Å². The molecule has 1 atom stereocenters. The van der Waals surface area contributed by atoms with Gasteiger partial charge < -0.3 is 15.2 Å². The maximum Gasteiger partial charge on any atom is 0.183 e. The van der Waals surface area contributed by atoms with Gasteiger partial charge in [0.2, 0.25) is 0 Å². The fourth-order valence-corrected chi connectivity index (χ4v) is 3.97. The second-order valence-electron chi connectivity index (χ2n) is 4.90. The van der Waals surface area contributed by atoms with Crippen LogP contribution in [0.2, 0.25) is 0 Å². The van der Waals surface area contributed by atoms with Crippen LogP contribution in [-0.2, 0) is 14.6 Å². The molecular formula is C14H21NO4S. The highest BCUT2D eigenvalue weighted by Crippen LogP contribution is 2.27. The van der Waals surface area contributed by atoms with Crippen LogP contribution in [0.15, 0.2) is 23.1 Å². The summed E-state index contributed by atoms with van der Waals surface area (Å²) in [5.41, 5.74) is 6.06. The smallest absolute Gasteiger partial charge is 0.183 e. The number of nitrogen functional groups attached to an aromatic ring is 1. The number of hydrogen-bond donors (Lipinski definition) is 1. The molecule has 1 aromatic rings. The summed E-state index contributed by atoms with van der Waals surface area (Å²) in [5, 5.41) is 0. The summed E-state index contributed by atoms with van der Waals surface area (Å²) >= 11 is 0. The van der Waals surface area contributed by atoms with Gasteiger partial charge in [-0.05, 0) is 38.3 Å². The van der Waals surface area contributed by atoms with Crippen LogP contribution in [0, 0.1) is 0 Å². The van der Waals surface area contributed by atoms with Crippen LogP contribution in [0.4, 0.5) is 5.69 Å². The molecule has 0 amide bonds. The summed E-state index contributed by atoms with van der Waals surface area (Å²) in [4.78, 5) is 0.137. The molecule has 1 saturated heterocycles. The highest BCUT2D eigenvalue weighted by Gasteiger charge is 2.25. The summed E-state index contributed by atoms with van der Waals surface area (Å²) in [5.74, 6) is 0.497. The van der Waals surface area contributed by atoms with Crippen molar-refractivity contribution in [2.75, 3.05) is 24.7 Å². The molecule has 5 nitrogen and oxygen atoms in total. The Balaban J connectivity index is 2.21. The lowest BCUT2D eigenvalue weighted by Crippen LogP contribution is -2.28. The monoisotopic (exact) mass is 299 g/mol. The molecule has 0 aromatic heterocycles. The zero-order chi connectivity index (χ0) is 14.6. The van der Waals surface area contributed by atoms with Crippen LogP contribution >= 0.6 is 0 Å². The second-order valence-corrected chi connectivity index (χ2v) is 6.91. The molecule has 112 valence electrons. The number of benzene rings is 1. The quantitative estimate of drug-likeness (QED) is 0.841. The minimum absolute atomic E-state index is 0.0211. The fraction of sp³-hybridized carbons (Fsp3) is 0.571. The molecule has 1 fully saturated rings. The van der Waals surface area contributed by atoms with Crippen molar-refractivity contribution in [3.63, 3.8) is 0 Å². The molecule has 6 heteroatoms. The lowest BCUT2D eigenvalue weighted by molar-refractivity contribution is 0.0305. The maximum atomic E-state index is 12.5. The highest BCUT2D eigenvalue weighted by molar-refractivity contribution is 7.91. The Morgan fingerprint density at radius 1 is 1.40 bits per heavy atom. The van der Waals surface area contributed by atoms with E-state index in [0.717, 1.165) is 19.3 Å². The van der Waals surface area contributed by atoms with Crippen LogP contribution < -0.4 is 10.5 Å². The SMILES string of the molecule is CCOc1ccc(N)c(S(=O)(=O)CC2CCCCO2)c1. The van der Waals surface area contributed by atoms with Crippen LogP contribution in [0.3, 0.4) is 0 Å². The van der Waals surface area contributed by atoms with Crippen molar-refractivity contribution in [2.45, 2.75) is 37.2 Å². The molecule has 1 aliphatic heterocycles. The topological polar surface area (TPSA) is 78.6 Å². The zero-order valence-electron chi connectivity index (χ0n) is 11.7. The molecule has 0 radical (unpaired) electrons. The third-order valence-corrected chi connectivity index (χ3v) is 5.14. The summed E-state index contributed by atoms with van der Waals surface area (Å²) in [7, 11) is -3.46. The Kier molecular flexibility index (Phi) is 4.88. The van der Waals surface area contributed by atoms with Gasteiger partial charge in [0.1, 0.15) is 5.75 Å². The van der Waals surface area contributed by atoms with E-state index in [1.54, 1.807) is 12.1 Å². The van der Waals surface area contributed by atoms with Crippen LogP contribution in [0.25, 0.3) is 0 Å². The molecule has 1 unspecified atom stereocenters. The average Bonchev–Trinajstić information content (AvgIpc) is 2.42. The number of sulfone groups is 1. The van der Waals surface area contributed by atoms with E-state index < -0.39 is 9.84 Å². The predicted molar refractivity (Wildman–Crippen MR) is 77.7 cm³/mol. The Morgan fingerprint density at radius 3 is 2.85 bits per heavy atom. The van der Waals surface area contributed by atoms with E-state index in [-0.39, 0.29) is 22.4 Å². The van der Waals surface area contributed by atoms with E-state index in [9.17, 15) is 8.42 Å². The molecule has 0 aliphatic carbocycles. The molecule has 2 N–H and O–H groups in total. The van der Waals surface area contributed by atoms with Gasteiger partial charge in [-0.2, -0.15) is 0 Å². The maximum absolute atomic E-state index is 12.5. The molecule has 20 heavy (non-hydrogen) atoms. The average molecular weight is 299 g/mol. The summed E-state index contributed by atoms with van der Waals surface area (Å²) in [6.07, 6.45) is 2.56. The molecule has 2 rings (SSSR count). The summed E-state index contributed by atoms with van der Waals surface area (Å²) in [6, 6.07) is 4.74. The van der Waals surface area contributed by atoms with Gasteiger partial charge in [0.25, 0.3) is 0 Å². The van der Waals surface area contributed by atoms with Gasteiger partial charge in [-0.25, -0.2) is 8.42 Å². The predicted octanol–water partition coefficient (Wildman–Crippen LogP) is 2.01. The zero-order valence-corrected chi connectivity index (χ0v) is 12.5. The summed E-state index contributed by atoms with van der Waals surface area (Å²) < 4.78 is 35.8. The third-order valence-electron chi connectivity index (χ3n) is 3.31. The van der Waals surface area contributed by atoms with Gasteiger partial charge >= 0.3 is 0 Å². The van der Waals surface area contributed by atoms with E-state index in [1.165, 1.54) is 6.07 Å². The van der Waals surface area contributed by atoms with Gasteiger partial charge in [0.15, 0.2) is 9.84 Å². The standard InChI is InChI=1S/C14H21NO4S/c1-2-18-11-6-7-13(15)14(9-11)20(16,17)10-12-5-3-4-8-19-12/h6-7,9,12H,2-5,8,10,15H2,1H3. The van der Waals surface area contributed by atoms with Crippen LogP contribution in [-0.4, -0.2) is 33.5 Å². The summed E-state index contributed by atoms with van der Waals surface area (Å²) in [6.45, 7) is 2.96. The molecule has 0 saturated carbocycles. The second kappa shape index (κ2) is 6.45. The number of rotatable bonds is 5. The van der Waals surface area contributed by atoms with E-state index in [0.29, 0.717) is 19.0 Å². The number of ether oxygens (including phenoxy) is 2. The first-order valence-electron chi connectivity index (χ1n) is 6.89. The largest absolute Gasteiger partial charge is 0.494 e. The lowest BCUT2D eigenvalue weighted by Gasteiger charge is -2.22. The van der Waals surface area contributed by atoms with E-state index in [1.807, 2.05) is 6.92 Å². The Hall–Kier alpha value is -1.27. The first-order chi connectivity index (χ1) is 9.53. The van der Waals surface area contributed by atoms with Crippen molar-refractivity contribution >= 4 is 15.5 Å². The molecule has 1 aliphatic rings. The Morgan fingerprint density at radius 2 is 2.20 bits per heavy atom. The Labute approximate surface area is 120 Å². The van der Waals surface area contributed by atoms with E-state index >= 15 is 0 Å². The van der Waals surface area contributed by atoms with E-state index in [2.05, 4.69) is 0 Å². The van der Waals surface area contributed by atoms with Crippen molar-refractivity contribution < 1.29 is 17.9 Å². The van der Waals surface area contributed by atoms with Gasteiger partial charge in [0, 0.05) is 12.7 Å². The third kappa shape index (κ3) is 3.64. The fourth-order valence-electron chi connectivity index (χ4n) is 2.31. The van der Waals surface area contributed by atoms with Crippen molar-refractivity contribution in [3.8, 4) is 5.75 Å². The van der Waals surface area contributed by atoms with Gasteiger partial charge in [-0.3, -0.25) is 0 Å². The number of hydrogen-bond acceptors (Lipinski definition) is 5. The number of nitrogens with two attached hydrogens (primary N) is 1. The molecular weight excluding hydrogens is 278 g/mol. The first kappa shape index (κ1) is 15.1. The molecule has 0 spiro atoms. The van der Waals surface area contributed by atoms with Gasteiger partial charge in [0.05, 0.1) is 29.0 Å². The molecule has 1 heterocycles. The van der Waals surface area contributed by atoms with Crippen molar-refractivity contribution in [3.05, 3.63) is 18.2 Å². The van der Waals surface area contributed by atoms with Crippen molar-refractivity contribution in [1.82, 2.24) is 0 Å².